The molecule has 3 heterocycles. The maximum absolute atomic E-state index is 15.5. The van der Waals surface area contributed by atoms with Crippen molar-refractivity contribution in [1.82, 2.24) is 30.1 Å². The van der Waals surface area contributed by atoms with Gasteiger partial charge in [-0.15, -0.1) is 0 Å². The zero-order chi connectivity index (χ0) is 21.5. The lowest BCUT2D eigenvalue weighted by atomic mass is 10.1. The highest BCUT2D eigenvalue weighted by atomic mass is 19.1. The summed E-state index contributed by atoms with van der Waals surface area (Å²) >= 11 is 0. The van der Waals surface area contributed by atoms with E-state index in [1.54, 1.807) is 6.33 Å². The van der Waals surface area contributed by atoms with Crippen LogP contribution in [0.25, 0.3) is 11.0 Å². The lowest BCUT2D eigenvalue weighted by Gasteiger charge is -2.15. The van der Waals surface area contributed by atoms with Crippen molar-refractivity contribution < 1.29 is 4.39 Å². The molecule has 0 spiro atoms. The molecule has 0 saturated heterocycles. The topological polar surface area (TPSA) is 107 Å². The van der Waals surface area contributed by atoms with Crippen molar-refractivity contribution >= 4 is 28.6 Å². The number of imidazole rings is 1. The summed E-state index contributed by atoms with van der Waals surface area (Å²) in [6, 6.07) is 8.15. The Kier molecular flexibility index (Phi) is 4.74. The summed E-state index contributed by atoms with van der Waals surface area (Å²) in [7, 11) is 0. The van der Waals surface area contributed by atoms with Crippen molar-refractivity contribution in [1.29, 1.82) is 0 Å². The molecule has 32 heavy (non-hydrogen) atoms. The Hall–Kier alpha value is -3.49. The van der Waals surface area contributed by atoms with Gasteiger partial charge in [0.05, 0.1) is 23.1 Å². The van der Waals surface area contributed by atoms with Gasteiger partial charge in [0, 0.05) is 30.1 Å². The van der Waals surface area contributed by atoms with Crippen LogP contribution in [-0.4, -0.2) is 36.2 Å². The van der Waals surface area contributed by atoms with Gasteiger partial charge >= 0.3 is 0 Å². The van der Waals surface area contributed by atoms with Crippen molar-refractivity contribution in [2.75, 3.05) is 10.6 Å². The minimum absolute atomic E-state index is 0.144. The minimum Gasteiger partial charge on any atom is -0.351 e. The summed E-state index contributed by atoms with van der Waals surface area (Å²) in [6.45, 7) is 0. The van der Waals surface area contributed by atoms with E-state index in [0.717, 1.165) is 35.1 Å². The summed E-state index contributed by atoms with van der Waals surface area (Å²) in [5.74, 6) is 1.25. The molecule has 0 radical (unpaired) electrons. The number of benzene rings is 1. The van der Waals surface area contributed by atoms with E-state index < -0.39 is 5.82 Å². The molecule has 0 unspecified atom stereocenters. The highest BCUT2D eigenvalue weighted by Crippen LogP contribution is 2.39. The first-order valence-corrected chi connectivity index (χ1v) is 11.3. The third-order valence-corrected chi connectivity index (χ3v) is 6.33. The molecule has 2 aliphatic carbocycles. The van der Waals surface area contributed by atoms with E-state index in [0.29, 0.717) is 35.8 Å². The van der Waals surface area contributed by atoms with Crippen LogP contribution in [0.4, 0.5) is 22.0 Å². The van der Waals surface area contributed by atoms with Crippen LogP contribution in [0.3, 0.4) is 0 Å². The fourth-order valence-electron chi connectivity index (χ4n) is 4.42. The number of rotatable bonds is 7. The second-order valence-electron chi connectivity index (χ2n) is 8.82. The van der Waals surface area contributed by atoms with Gasteiger partial charge in [-0.3, -0.25) is 5.10 Å². The Morgan fingerprint density at radius 1 is 1.06 bits per heavy atom. The van der Waals surface area contributed by atoms with Crippen LogP contribution in [0.15, 0.2) is 30.6 Å². The van der Waals surface area contributed by atoms with E-state index in [1.165, 1.54) is 25.7 Å². The maximum atomic E-state index is 15.5. The summed E-state index contributed by atoms with van der Waals surface area (Å²) in [5, 5.41) is 13.8. The van der Waals surface area contributed by atoms with Gasteiger partial charge in [0.25, 0.3) is 0 Å². The number of halogens is 1. The second-order valence-corrected chi connectivity index (χ2v) is 8.82. The highest BCUT2D eigenvalue weighted by Gasteiger charge is 2.26. The first-order chi connectivity index (χ1) is 15.7. The molecule has 9 heteroatoms. The van der Waals surface area contributed by atoms with Crippen molar-refractivity contribution in [3.8, 4) is 0 Å². The smallest absolute Gasteiger partial charge is 0.225 e. The quantitative estimate of drug-likeness (QED) is 0.335. The number of anilines is 3. The predicted octanol–water partition coefficient (Wildman–Crippen LogP) is 4.78. The SMILES string of the molecule is Fc1c(Cc2ccc3[nH]cnc3c2)nc(NC2CCCC2)nc1Nc1cc(C2CC2)[nH]n1. The molecule has 0 amide bonds. The number of aromatic nitrogens is 6. The molecule has 2 fully saturated rings. The molecule has 6 rings (SSSR count). The van der Waals surface area contributed by atoms with E-state index in [9.17, 15) is 0 Å². The van der Waals surface area contributed by atoms with Crippen LogP contribution < -0.4 is 10.6 Å². The molecule has 4 N–H and O–H groups in total. The molecule has 164 valence electrons. The molecule has 2 saturated carbocycles. The number of hydrogen-bond donors (Lipinski definition) is 4. The fourth-order valence-corrected chi connectivity index (χ4v) is 4.42. The Bertz CT molecular complexity index is 1250. The van der Waals surface area contributed by atoms with E-state index in [-0.39, 0.29) is 5.82 Å². The summed E-state index contributed by atoms with van der Waals surface area (Å²) in [4.78, 5) is 16.4. The predicted molar refractivity (Wildman–Crippen MR) is 121 cm³/mol. The Labute approximate surface area is 184 Å². The van der Waals surface area contributed by atoms with Gasteiger partial charge in [0.1, 0.15) is 0 Å². The molecule has 8 nitrogen and oxygen atoms in total. The van der Waals surface area contributed by atoms with Crippen LogP contribution in [0.1, 0.15) is 61.4 Å². The third-order valence-electron chi connectivity index (χ3n) is 6.33. The fraction of sp³-hybridized carbons (Fsp3) is 0.391. The zero-order valence-electron chi connectivity index (χ0n) is 17.7. The molecule has 3 aromatic heterocycles. The second kappa shape index (κ2) is 7.89. The average molecular weight is 433 g/mol. The summed E-state index contributed by atoms with van der Waals surface area (Å²) < 4.78 is 15.5. The van der Waals surface area contributed by atoms with Gasteiger partial charge < -0.3 is 15.6 Å². The lowest BCUT2D eigenvalue weighted by Crippen LogP contribution is -2.18. The van der Waals surface area contributed by atoms with Gasteiger partial charge in [-0.2, -0.15) is 10.1 Å². The largest absolute Gasteiger partial charge is 0.351 e. The van der Waals surface area contributed by atoms with E-state index in [4.69, 9.17) is 0 Å². The van der Waals surface area contributed by atoms with Crippen LogP contribution in [0, 0.1) is 5.82 Å². The molecule has 0 aliphatic heterocycles. The molecule has 0 atom stereocenters. The number of nitrogens with one attached hydrogen (secondary N) is 4. The number of hydrogen-bond acceptors (Lipinski definition) is 6. The lowest BCUT2D eigenvalue weighted by molar-refractivity contribution is 0.600. The zero-order valence-corrected chi connectivity index (χ0v) is 17.7. The average Bonchev–Trinajstić information content (AvgIpc) is 3.17. The van der Waals surface area contributed by atoms with Crippen molar-refractivity contribution in [3.63, 3.8) is 0 Å². The van der Waals surface area contributed by atoms with Crippen molar-refractivity contribution in [2.24, 2.45) is 0 Å². The van der Waals surface area contributed by atoms with E-state index in [1.807, 2.05) is 24.3 Å². The Morgan fingerprint density at radius 3 is 2.78 bits per heavy atom. The summed E-state index contributed by atoms with van der Waals surface area (Å²) in [5.41, 5.74) is 4.17. The molecular weight excluding hydrogens is 407 g/mol. The standard InChI is InChI=1S/C23H25FN8/c24-21-19(10-13-5-8-16-18(9-13)26-12-25-16)28-23(27-15-3-1-2-4-15)30-22(21)29-20-11-17(31-32-20)14-6-7-14/h5,8-9,11-12,14-15H,1-4,6-7,10H2,(H,25,26)(H3,27,28,29,30,31,32). The number of nitrogens with zero attached hydrogens (tertiary/aromatic N) is 4. The van der Waals surface area contributed by atoms with Crippen LogP contribution >= 0.6 is 0 Å². The van der Waals surface area contributed by atoms with Crippen molar-refractivity contribution in [3.05, 3.63) is 53.4 Å². The van der Waals surface area contributed by atoms with Crippen LogP contribution in [0.2, 0.25) is 0 Å². The van der Waals surface area contributed by atoms with Gasteiger partial charge in [0.2, 0.25) is 5.95 Å². The monoisotopic (exact) mass is 432 g/mol. The molecule has 2 aliphatic rings. The Morgan fingerprint density at radius 2 is 1.94 bits per heavy atom. The Balaban J connectivity index is 1.32. The first kappa shape index (κ1) is 19.2. The van der Waals surface area contributed by atoms with Gasteiger partial charge in [-0.05, 0) is 43.4 Å². The van der Waals surface area contributed by atoms with E-state index >= 15 is 4.39 Å². The van der Waals surface area contributed by atoms with E-state index in [2.05, 4.69) is 40.8 Å². The maximum Gasteiger partial charge on any atom is 0.225 e. The minimum atomic E-state index is -0.458. The normalized spacial score (nSPS) is 16.7. The van der Waals surface area contributed by atoms with Gasteiger partial charge in [0.15, 0.2) is 17.5 Å². The van der Waals surface area contributed by atoms with Crippen LogP contribution in [-0.2, 0) is 6.42 Å². The highest BCUT2D eigenvalue weighted by molar-refractivity contribution is 5.75. The first-order valence-electron chi connectivity index (χ1n) is 11.3. The number of H-pyrrole nitrogens is 2. The van der Waals surface area contributed by atoms with Crippen molar-refractivity contribution in [2.45, 2.75) is 56.9 Å². The number of fused-ring (bicyclic) bond motifs is 1. The molecular formula is C23H25FN8. The van der Waals surface area contributed by atoms with Gasteiger partial charge in [-0.1, -0.05) is 18.9 Å². The molecule has 4 aromatic rings. The molecule has 0 bridgehead atoms. The summed E-state index contributed by atoms with van der Waals surface area (Å²) in [6.07, 6.45) is 8.89. The number of aromatic amines is 2. The third kappa shape index (κ3) is 3.90. The van der Waals surface area contributed by atoms with Crippen LogP contribution in [0.5, 0.6) is 0 Å². The van der Waals surface area contributed by atoms with Gasteiger partial charge in [-0.25, -0.2) is 14.4 Å². The molecule has 1 aromatic carbocycles.